The standard InChI is InChI=1S/C11H16F2N2O4/c1-11(5-16)3-7(12)10(19-11)15(2)4-8(13)9(18)14-6-17/h4,6-7,10,16H,3,5H2,1-2H3,(H,14,17,18)/b8-4+. The van der Waals surface area contributed by atoms with E-state index in [4.69, 9.17) is 9.84 Å². The third-order valence-electron chi connectivity index (χ3n) is 2.80. The number of imide groups is 1. The molecule has 0 saturated carbocycles. The van der Waals surface area contributed by atoms with Gasteiger partial charge in [-0.05, 0) is 6.92 Å². The van der Waals surface area contributed by atoms with Gasteiger partial charge in [0, 0.05) is 19.7 Å². The molecule has 19 heavy (non-hydrogen) atoms. The SMILES string of the molecule is CN(/C=C(/F)C(=O)NC=O)C1OC(C)(CO)CC1F. The summed E-state index contributed by atoms with van der Waals surface area (Å²) in [5, 5.41) is 10.7. The number of nitrogens with zero attached hydrogens (tertiary/aromatic N) is 1. The first-order chi connectivity index (χ1) is 8.83. The minimum atomic E-state index is -1.43. The van der Waals surface area contributed by atoms with Crippen LogP contribution in [0.4, 0.5) is 8.78 Å². The van der Waals surface area contributed by atoms with Gasteiger partial charge in [-0.2, -0.15) is 4.39 Å². The highest BCUT2D eigenvalue weighted by Crippen LogP contribution is 2.33. The van der Waals surface area contributed by atoms with Crippen molar-refractivity contribution in [2.45, 2.75) is 31.3 Å². The lowest BCUT2D eigenvalue weighted by Gasteiger charge is -2.26. The summed E-state index contributed by atoms with van der Waals surface area (Å²) in [6.45, 7) is 1.17. The zero-order valence-electron chi connectivity index (χ0n) is 10.6. The number of alkyl halides is 1. The lowest BCUT2D eigenvalue weighted by molar-refractivity contribution is -0.124. The summed E-state index contributed by atoms with van der Waals surface area (Å²) >= 11 is 0. The number of nitrogens with one attached hydrogen (secondary N) is 1. The Hall–Kier alpha value is -1.54. The van der Waals surface area contributed by atoms with Crippen LogP contribution in [0.5, 0.6) is 0 Å². The third-order valence-corrected chi connectivity index (χ3v) is 2.80. The molecule has 6 nitrogen and oxygen atoms in total. The van der Waals surface area contributed by atoms with E-state index in [1.165, 1.54) is 14.0 Å². The van der Waals surface area contributed by atoms with Crippen molar-refractivity contribution in [3.05, 3.63) is 12.0 Å². The van der Waals surface area contributed by atoms with E-state index in [0.29, 0.717) is 0 Å². The topological polar surface area (TPSA) is 78.9 Å². The molecule has 8 heteroatoms. The fourth-order valence-electron chi connectivity index (χ4n) is 1.80. The van der Waals surface area contributed by atoms with E-state index >= 15 is 0 Å². The molecule has 3 unspecified atom stereocenters. The van der Waals surface area contributed by atoms with Crippen LogP contribution in [0, 0.1) is 0 Å². The van der Waals surface area contributed by atoms with Crippen LogP contribution < -0.4 is 5.32 Å². The molecule has 0 bridgehead atoms. The maximum atomic E-state index is 13.7. The Morgan fingerprint density at radius 2 is 2.32 bits per heavy atom. The van der Waals surface area contributed by atoms with Crippen LogP contribution in [0.25, 0.3) is 0 Å². The van der Waals surface area contributed by atoms with Crippen molar-refractivity contribution in [3.63, 3.8) is 0 Å². The molecular formula is C11H16F2N2O4. The summed E-state index contributed by atoms with van der Waals surface area (Å²) in [6.07, 6.45) is -1.79. The Morgan fingerprint density at radius 3 is 2.79 bits per heavy atom. The molecule has 2 N–H and O–H groups in total. The first-order valence-corrected chi connectivity index (χ1v) is 5.59. The Morgan fingerprint density at radius 1 is 1.68 bits per heavy atom. The molecule has 1 rings (SSSR count). The summed E-state index contributed by atoms with van der Waals surface area (Å²) in [5.74, 6) is -2.47. The highest BCUT2D eigenvalue weighted by Gasteiger charge is 2.45. The number of hydrogen-bond acceptors (Lipinski definition) is 5. The molecule has 3 atom stereocenters. The molecule has 1 aliphatic rings. The number of carbonyl (C=O) groups is 2. The van der Waals surface area contributed by atoms with Crippen LogP contribution in [0.3, 0.4) is 0 Å². The lowest BCUT2D eigenvalue weighted by Crippen LogP contribution is -2.36. The average Bonchev–Trinajstić information content (AvgIpc) is 2.66. The summed E-state index contributed by atoms with van der Waals surface area (Å²) in [6, 6.07) is 0. The highest BCUT2D eigenvalue weighted by atomic mass is 19.1. The first-order valence-electron chi connectivity index (χ1n) is 5.59. The van der Waals surface area contributed by atoms with E-state index in [2.05, 4.69) is 0 Å². The minimum absolute atomic E-state index is 0.0332. The molecule has 0 aromatic rings. The number of aliphatic hydroxyl groups excluding tert-OH is 1. The Balaban J connectivity index is 2.73. The summed E-state index contributed by atoms with van der Waals surface area (Å²) in [7, 11) is 1.33. The van der Waals surface area contributed by atoms with Crippen molar-refractivity contribution in [2.75, 3.05) is 13.7 Å². The van der Waals surface area contributed by atoms with E-state index in [9.17, 15) is 18.4 Å². The van der Waals surface area contributed by atoms with Crippen molar-refractivity contribution in [2.24, 2.45) is 0 Å². The second kappa shape index (κ2) is 6.07. The maximum absolute atomic E-state index is 13.7. The zero-order chi connectivity index (χ0) is 14.6. The molecule has 1 fully saturated rings. The molecule has 0 radical (unpaired) electrons. The molecule has 108 valence electrons. The van der Waals surface area contributed by atoms with Crippen LogP contribution in [0.2, 0.25) is 0 Å². The van der Waals surface area contributed by atoms with Crippen molar-refractivity contribution >= 4 is 12.3 Å². The maximum Gasteiger partial charge on any atom is 0.287 e. The van der Waals surface area contributed by atoms with E-state index in [-0.39, 0.29) is 19.4 Å². The van der Waals surface area contributed by atoms with E-state index in [1.807, 2.05) is 0 Å². The van der Waals surface area contributed by atoms with Gasteiger partial charge in [-0.3, -0.25) is 14.9 Å². The number of ether oxygens (including phenoxy) is 1. The molecule has 2 amide bonds. The normalized spacial score (nSPS) is 31.1. The van der Waals surface area contributed by atoms with Gasteiger partial charge in [-0.25, -0.2) is 4.39 Å². The van der Waals surface area contributed by atoms with Crippen molar-refractivity contribution in [3.8, 4) is 0 Å². The largest absolute Gasteiger partial charge is 0.393 e. The van der Waals surface area contributed by atoms with Crippen molar-refractivity contribution in [1.82, 2.24) is 10.2 Å². The minimum Gasteiger partial charge on any atom is -0.393 e. The van der Waals surface area contributed by atoms with Gasteiger partial charge >= 0.3 is 0 Å². The van der Waals surface area contributed by atoms with Crippen LogP contribution in [-0.2, 0) is 14.3 Å². The molecule has 1 saturated heterocycles. The molecule has 0 aromatic carbocycles. The van der Waals surface area contributed by atoms with Gasteiger partial charge in [0.1, 0.15) is 6.17 Å². The monoisotopic (exact) mass is 278 g/mol. The van der Waals surface area contributed by atoms with Gasteiger partial charge < -0.3 is 14.7 Å². The van der Waals surface area contributed by atoms with Crippen LogP contribution >= 0.6 is 0 Å². The summed E-state index contributed by atoms with van der Waals surface area (Å²) in [4.78, 5) is 22.0. The van der Waals surface area contributed by atoms with Crippen molar-refractivity contribution in [1.29, 1.82) is 0 Å². The predicted molar refractivity (Wildman–Crippen MR) is 61.0 cm³/mol. The van der Waals surface area contributed by atoms with Gasteiger partial charge in [0.25, 0.3) is 5.91 Å². The van der Waals surface area contributed by atoms with Crippen LogP contribution in [-0.4, -0.2) is 54.0 Å². The van der Waals surface area contributed by atoms with Crippen LogP contribution in [0.15, 0.2) is 12.0 Å². The molecule has 0 aromatic heterocycles. The molecule has 0 aliphatic carbocycles. The fourth-order valence-corrected chi connectivity index (χ4v) is 1.80. The number of aliphatic hydroxyl groups is 1. The quantitative estimate of drug-likeness (QED) is 0.539. The first kappa shape index (κ1) is 15.5. The van der Waals surface area contributed by atoms with E-state index in [1.54, 1.807) is 5.32 Å². The molecule has 0 spiro atoms. The number of hydrogen-bond donors (Lipinski definition) is 2. The number of amides is 2. The molecular weight excluding hydrogens is 262 g/mol. The van der Waals surface area contributed by atoms with Crippen molar-refractivity contribution < 1.29 is 28.2 Å². The zero-order valence-corrected chi connectivity index (χ0v) is 10.6. The fraction of sp³-hybridized carbons (Fsp3) is 0.636. The highest BCUT2D eigenvalue weighted by molar-refractivity contribution is 5.97. The number of rotatable bonds is 5. The third kappa shape index (κ3) is 3.71. The Labute approximate surface area is 109 Å². The number of carbonyl (C=O) groups excluding carboxylic acids is 2. The lowest BCUT2D eigenvalue weighted by atomic mass is 10.0. The summed E-state index contributed by atoms with van der Waals surface area (Å²) < 4.78 is 32.3. The van der Waals surface area contributed by atoms with Gasteiger partial charge in [-0.15, -0.1) is 0 Å². The predicted octanol–water partition coefficient (Wildman–Crippen LogP) is -0.163. The van der Waals surface area contributed by atoms with Gasteiger partial charge in [0.15, 0.2) is 6.23 Å². The van der Waals surface area contributed by atoms with Gasteiger partial charge in [-0.1, -0.05) is 0 Å². The second-order valence-electron chi connectivity index (χ2n) is 4.57. The van der Waals surface area contributed by atoms with E-state index < -0.39 is 29.7 Å². The second-order valence-corrected chi connectivity index (χ2v) is 4.57. The number of halogens is 2. The molecule has 1 heterocycles. The Kier molecular flexibility index (Phi) is 4.96. The molecule has 1 aliphatic heterocycles. The van der Waals surface area contributed by atoms with Crippen LogP contribution in [0.1, 0.15) is 13.3 Å². The summed E-state index contributed by atoms with van der Waals surface area (Å²) in [5.41, 5.74) is -1.03. The Bertz CT molecular complexity index is 391. The smallest absolute Gasteiger partial charge is 0.287 e. The van der Waals surface area contributed by atoms with Gasteiger partial charge in [0.2, 0.25) is 12.2 Å². The average molecular weight is 278 g/mol. The van der Waals surface area contributed by atoms with E-state index in [0.717, 1.165) is 11.1 Å². The van der Waals surface area contributed by atoms with Gasteiger partial charge in [0.05, 0.1) is 12.2 Å².